The third-order valence-electron chi connectivity index (χ3n) is 5.86. The fraction of sp³-hybridized carbons (Fsp3) is 0.192. The Morgan fingerprint density at radius 2 is 1.61 bits per heavy atom. The van der Waals surface area contributed by atoms with Crippen LogP contribution in [0.5, 0.6) is 0 Å². The summed E-state index contributed by atoms with van der Waals surface area (Å²) in [4.78, 5) is 38.5. The van der Waals surface area contributed by atoms with Gasteiger partial charge in [-0.2, -0.15) is 13.2 Å². The lowest BCUT2D eigenvalue weighted by molar-refractivity contribution is -0.137. The summed E-state index contributed by atoms with van der Waals surface area (Å²) in [7, 11) is 0. The quantitative estimate of drug-likeness (QED) is 0.440. The Labute approximate surface area is 204 Å². The standard InChI is InChI=1S/C26H22F3N3O4/c27-26(28,29)17-9-11-18(12-10-17)30-25(36)31-22-6-3-15-32(23(22)33)19-13-7-16(8-14-19)20-4-1-2-5-21(20)24(34)35/h1-2,4-5,7-14,22H,3,6,15H2,(H,34,35)(H2,30,31,36)/t22-/m1/s1. The lowest BCUT2D eigenvalue weighted by atomic mass is 9.98. The third kappa shape index (κ3) is 5.48. The minimum atomic E-state index is -4.48. The molecule has 0 unspecified atom stereocenters. The number of carboxylic acid groups (broad SMARTS) is 1. The van der Waals surface area contributed by atoms with E-state index in [-0.39, 0.29) is 17.2 Å². The van der Waals surface area contributed by atoms with E-state index in [0.29, 0.717) is 36.2 Å². The van der Waals surface area contributed by atoms with Crippen molar-refractivity contribution >= 4 is 29.3 Å². The zero-order valence-electron chi connectivity index (χ0n) is 18.9. The fourth-order valence-electron chi connectivity index (χ4n) is 4.08. The molecule has 10 heteroatoms. The molecule has 0 radical (unpaired) electrons. The molecule has 1 aliphatic rings. The lowest BCUT2D eigenvalue weighted by Gasteiger charge is -2.32. The Balaban J connectivity index is 1.42. The fourth-order valence-corrected chi connectivity index (χ4v) is 4.08. The van der Waals surface area contributed by atoms with Gasteiger partial charge in [0.25, 0.3) is 0 Å². The number of urea groups is 1. The number of halogens is 3. The van der Waals surface area contributed by atoms with Crippen LogP contribution < -0.4 is 15.5 Å². The first-order valence-electron chi connectivity index (χ1n) is 11.1. The number of rotatable bonds is 5. The molecule has 1 fully saturated rings. The molecule has 1 atom stereocenters. The molecule has 0 aliphatic carbocycles. The SMILES string of the molecule is O=C(Nc1ccc(C(F)(F)F)cc1)N[C@@H]1CCCN(c2ccc(-c3ccccc3C(=O)O)cc2)C1=O. The van der Waals surface area contributed by atoms with Crippen molar-refractivity contribution in [2.24, 2.45) is 0 Å². The van der Waals surface area contributed by atoms with Crippen LogP contribution in [-0.4, -0.2) is 35.6 Å². The first-order chi connectivity index (χ1) is 17.1. The number of carbonyl (C=O) groups excluding carboxylic acids is 2. The van der Waals surface area contributed by atoms with Crippen molar-refractivity contribution in [3.8, 4) is 11.1 Å². The van der Waals surface area contributed by atoms with E-state index in [9.17, 15) is 32.7 Å². The average Bonchev–Trinajstić information content (AvgIpc) is 2.85. The van der Waals surface area contributed by atoms with Crippen molar-refractivity contribution in [2.75, 3.05) is 16.8 Å². The number of aromatic carboxylic acids is 1. The van der Waals surface area contributed by atoms with Crippen molar-refractivity contribution in [3.63, 3.8) is 0 Å². The molecule has 1 heterocycles. The predicted octanol–water partition coefficient (Wildman–Crippen LogP) is 5.39. The normalized spacial score (nSPS) is 15.9. The minimum Gasteiger partial charge on any atom is -0.478 e. The van der Waals surface area contributed by atoms with Gasteiger partial charge >= 0.3 is 18.2 Å². The molecule has 7 nitrogen and oxygen atoms in total. The van der Waals surface area contributed by atoms with E-state index in [2.05, 4.69) is 10.6 Å². The molecule has 3 aromatic carbocycles. The van der Waals surface area contributed by atoms with Gasteiger partial charge in [-0.05, 0) is 66.4 Å². The van der Waals surface area contributed by atoms with Crippen LogP contribution in [0, 0.1) is 0 Å². The van der Waals surface area contributed by atoms with Crippen molar-refractivity contribution in [3.05, 3.63) is 83.9 Å². The molecule has 0 saturated carbocycles. The summed E-state index contributed by atoms with van der Waals surface area (Å²) >= 11 is 0. The number of benzene rings is 3. The van der Waals surface area contributed by atoms with E-state index in [4.69, 9.17) is 0 Å². The predicted molar refractivity (Wildman–Crippen MR) is 128 cm³/mol. The summed E-state index contributed by atoms with van der Waals surface area (Å²) in [6.07, 6.45) is -3.43. The largest absolute Gasteiger partial charge is 0.478 e. The molecule has 36 heavy (non-hydrogen) atoms. The van der Waals surface area contributed by atoms with Crippen LogP contribution in [0.2, 0.25) is 0 Å². The highest BCUT2D eigenvalue weighted by atomic mass is 19.4. The molecular formula is C26H22F3N3O4. The molecule has 3 aromatic rings. The summed E-state index contributed by atoms with van der Waals surface area (Å²) in [6.45, 7) is 0.447. The number of alkyl halides is 3. The lowest BCUT2D eigenvalue weighted by Crippen LogP contribution is -2.53. The first-order valence-corrected chi connectivity index (χ1v) is 11.1. The Bertz CT molecular complexity index is 1270. The van der Waals surface area contributed by atoms with Crippen LogP contribution in [0.25, 0.3) is 11.1 Å². The van der Waals surface area contributed by atoms with E-state index in [0.717, 1.165) is 24.3 Å². The summed E-state index contributed by atoms with van der Waals surface area (Å²) < 4.78 is 38.1. The molecule has 1 saturated heterocycles. The number of anilines is 2. The number of piperidine rings is 1. The van der Waals surface area contributed by atoms with Crippen molar-refractivity contribution in [2.45, 2.75) is 25.1 Å². The number of carboxylic acids is 1. The average molecular weight is 497 g/mol. The highest BCUT2D eigenvalue weighted by molar-refractivity contribution is 6.02. The van der Waals surface area contributed by atoms with Crippen molar-refractivity contribution < 1.29 is 32.7 Å². The van der Waals surface area contributed by atoms with Gasteiger partial charge < -0.3 is 20.6 Å². The van der Waals surface area contributed by atoms with Crippen molar-refractivity contribution in [1.82, 2.24) is 5.32 Å². The van der Waals surface area contributed by atoms with E-state index in [1.807, 2.05) is 0 Å². The van der Waals surface area contributed by atoms with Crippen LogP contribution in [0.3, 0.4) is 0 Å². The zero-order chi connectivity index (χ0) is 25.9. The molecule has 0 spiro atoms. The van der Waals surface area contributed by atoms with Gasteiger partial charge in [0, 0.05) is 17.9 Å². The van der Waals surface area contributed by atoms with Crippen LogP contribution in [0.15, 0.2) is 72.8 Å². The maximum absolute atomic E-state index is 13.0. The molecule has 3 amide bonds. The molecule has 186 valence electrons. The van der Waals surface area contributed by atoms with Crippen LogP contribution in [-0.2, 0) is 11.0 Å². The van der Waals surface area contributed by atoms with Crippen LogP contribution in [0.4, 0.5) is 29.3 Å². The molecule has 1 aliphatic heterocycles. The zero-order valence-corrected chi connectivity index (χ0v) is 18.9. The number of nitrogens with zero attached hydrogens (tertiary/aromatic N) is 1. The molecule has 0 aromatic heterocycles. The Morgan fingerprint density at radius 3 is 2.25 bits per heavy atom. The molecular weight excluding hydrogens is 475 g/mol. The summed E-state index contributed by atoms with van der Waals surface area (Å²) in [5.74, 6) is -1.35. The summed E-state index contributed by atoms with van der Waals surface area (Å²) in [6, 6.07) is 16.0. The maximum Gasteiger partial charge on any atom is 0.416 e. The second-order valence-electron chi connectivity index (χ2n) is 8.26. The van der Waals surface area contributed by atoms with Gasteiger partial charge in [0.1, 0.15) is 6.04 Å². The van der Waals surface area contributed by atoms with Gasteiger partial charge in [-0.3, -0.25) is 4.79 Å². The van der Waals surface area contributed by atoms with Gasteiger partial charge in [0.05, 0.1) is 11.1 Å². The van der Waals surface area contributed by atoms with Crippen LogP contribution in [0.1, 0.15) is 28.8 Å². The molecule has 0 bridgehead atoms. The van der Waals surface area contributed by atoms with Crippen molar-refractivity contribution in [1.29, 1.82) is 0 Å². The molecule has 3 N–H and O–H groups in total. The number of hydrogen-bond donors (Lipinski definition) is 3. The smallest absolute Gasteiger partial charge is 0.416 e. The number of amides is 3. The summed E-state index contributed by atoms with van der Waals surface area (Å²) in [5, 5.41) is 14.5. The Morgan fingerprint density at radius 1 is 0.944 bits per heavy atom. The highest BCUT2D eigenvalue weighted by Gasteiger charge is 2.32. The van der Waals surface area contributed by atoms with Crippen LogP contribution >= 0.6 is 0 Å². The topological polar surface area (TPSA) is 98.7 Å². The second kappa shape index (κ2) is 10.1. The van der Waals surface area contributed by atoms with E-state index in [1.165, 1.54) is 6.07 Å². The minimum absolute atomic E-state index is 0.165. The van der Waals surface area contributed by atoms with Gasteiger partial charge in [0.15, 0.2) is 0 Å². The first kappa shape index (κ1) is 24.8. The van der Waals surface area contributed by atoms with Gasteiger partial charge in [-0.1, -0.05) is 30.3 Å². The third-order valence-corrected chi connectivity index (χ3v) is 5.86. The van der Waals surface area contributed by atoms with Gasteiger partial charge in [-0.25, -0.2) is 9.59 Å². The number of nitrogens with one attached hydrogen (secondary N) is 2. The second-order valence-corrected chi connectivity index (χ2v) is 8.26. The maximum atomic E-state index is 13.0. The Kier molecular flexibility index (Phi) is 6.96. The van der Waals surface area contributed by atoms with Gasteiger partial charge in [0.2, 0.25) is 5.91 Å². The van der Waals surface area contributed by atoms with E-state index >= 15 is 0 Å². The van der Waals surface area contributed by atoms with E-state index < -0.39 is 29.8 Å². The Hall–Kier alpha value is -4.34. The van der Waals surface area contributed by atoms with E-state index in [1.54, 1.807) is 47.4 Å². The summed E-state index contributed by atoms with van der Waals surface area (Å²) in [5.41, 5.74) is 1.35. The van der Waals surface area contributed by atoms with Gasteiger partial charge in [-0.15, -0.1) is 0 Å². The monoisotopic (exact) mass is 497 g/mol. The molecule has 4 rings (SSSR count). The highest BCUT2D eigenvalue weighted by Crippen LogP contribution is 2.30. The number of carbonyl (C=O) groups is 3. The number of hydrogen-bond acceptors (Lipinski definition) is 3.